The van der Waals surface area contributed by atoms with E-state index >= 15 is 0 Å². The number of alkyl carbamates (subject to hydrolysis) is 1. The molecule has 160 valence electrons. The molecule has 7 heteroatoms. The Hall–Kier alpha value is -1.79. The molecule has 0 aromatic carbocycles. The van der Waals surface area contributed by atoms with E-state index in [1.165, 1.54) is 0 Å². The van der Waals surface area contributed by atoms with Crippen molar-refractivity contribution >= 4 is 17.9 Å². The lowest BCUT2D eigenvalue weighted by atomic mass is 9.98. The second-order valence-electron chi connectivity index (χ2n) is 9.57. The van der Waals surface area contributed by atoms with Gasteiger partial charge in [0.15, 0.2) is 0 Å². The monoisotopic (exact) mass is 395 g/mol. The van der Waals surface area contributed by atoms with E-state index in [-0.39, 0.29) is 17.7 Å². The van der Waals surface area contributed by atoms with Crippen LogP contribution in [-0.2, 0) is 14.3 Å². The van der Waals surface area contributed by atoms with Gasteiger partial charge in [0, 0.05) is 19.6 Å². The quantitative estimate of drug-likeness (QED) is 0.794. The summed E-state index contributed by atoms with van der Waals surface area (Å²) >= 11 is 0. The standard InChI is InChI=1S/C21H37N3O4/c1-14(2)17(22-20(27)28-21(4,5)6)19(26)24-11-7-8-16(24)18(25)23-12-9-15(3)10-13-23/h14-17H,7-13H2,1-6H3,(H,22,27). The number of likely N-dealkylation sites (tertiary alicyclic amines) is 2. The molecule has 1 N–H and O–H groups in total. The van der Waals surface area contributed by atoms with E-state index in [0.29, 0.717) is 18.9 Å². The van der Waals surface area contributed by atoms with Crippen LogP contribution in [0.3, 0.4) is 0 Å². The van der Waals surface area contributed by atoms with Crippen molar-refractivity contribution in [2.75, 3.05) is 19.6 Å². The number of nitrogens with zero attached hydrogens (tertiary/aromatic N) is 2. The van der Waals surface area contributed by atoms with Crippen LogP contribution >= 0.6 is 0 Å². The Bertz CT molecular complexity index is 577. The van der Waals surface area contributed by atoms with Crippen molar-refractivity contribution in [2.45, 2.75) is 84.9 Å². The molecule has 0 aromatic heterocycles. The van der Waals surface area contributed by atoms with Crippen molar-refractivity contribution in [3.8, 4) is 0 Å². The highest BCUT2D eigenvalue weighted by Gasteiger charge is 2.40. The maximum atomic E-state index is 13.2. The maximum absolute atomic E-state index is 13.2. The predicted molar refractivity (Wildman–Crippen MR) is 108 cm³/mol. The van der Waals surface area contributed by atoms with Gasteiger partial charge in [-0.05, 0) is 58.3 Å². The zero-order valence-corrected chi connectivity index (χ0v) is 18.3. The third-order valence-electron chi connectivity index (χ3n) is 5.52. The smallest absolute Gasteiger partial charge is 0.408 e. The topological polar surface area (TPSA) is 79.0 Å². The minimum atomic E-state index is -0.704. The molecular weight excluding hydrogens is 358 g/mol. The molecule has 28 heavy (non-hydrogen) atoms. The maximum Gasteiger partial charge on any atom is 0.408 e. The summed E-state index contributed by atoms with van der Waals surface area (Å²) in [6.07, 6.45) is 2.92. The van der Waals surface area contributed by atoms with Crippen molar-refractivity contribution in [3.05, 3.63) is 0 Å². The number of nitrogens with one attached hydrogen (secondary N) is 1. The highest BCUT2D eigenvalue weighted by atomic mass is 16.6. The summed E-state index contributed by atoms with van der Waals surface area (Å²) in [4.78, 5) is 42.0. The van der Waals surface area contributed by atoms with Crippen molar-refractivity contribution in [1.82, 2.24) is 15.1 Å². The molecule has 2 saturated heterocycles. The minimum absolute atomic E-state index is 0.0533. The van der Waals surface area contributed by atoms with Crippen LogP contribution in [0.1, 0.15) is 67.2 Å². The molecule has 0 aromatic rings. The first kappa shape index (κ1) is 22.5. The molecule has 2 aliphatic heterocycles. The Balaban J connectivity index is 2.06. The number of carbonyl (C=O) groups is 3. The van der Waals surface area contributed by atoms with Gasteiger partial charge in [0.2, 0.25) is 11.8 Å². The Kier molecular flexibility index (Phi) is 7.34. The molecule has 2 aliphatic rings. The van der Waals surface area contributed by atoms with E-state index in [2.05, 4.69) is 12.2 Å². The summed E-state index contributed by atoms with van der Waals surface area (Å²) in [5.74, 6) is 0.403. The van der Waals surface area contributed by atoms with Gasteiger partial charge in [-0.15, -0.1) is 0 Å². The molecule has 2 rings (SSSR count). The van der Waals surface area contributed by atoms with Crippen molar-refractivity contribution in [3.63, 3.8) is 0 Å². The van der Waals surface area contributed by atoms with Gasteiger partial charge in [0.05, 0.1) is 0 Å². The molecule has 0 bridgehead atoms. The minimum Gasteiger partial charge on any atom is -0.444 e. The molecule has 0 spiro atoms. The summed E-state index contributed by atoms with van der Waals surface area (Å²) in [6.45, 7) is 13.4. The molecule has 2 heterocycles. The van der Waals surface area contributed by atoms with Crippen LogP contribution in [0.4, 0.5) is 4.79 Å². The normalized spacial score (nSPS) is 22.3. The Labute approximate surface area is 169 Å². The zero-order chi connectivity index (χ0) is 21.1. The largest absolute Gasteiger partial charge is 0.444 e. The first-order valence-corrected chi connectivity index (χ1v) is 10.6. The zero-order valence-electron chi connectivity index (χ0n) is 18.3. The number of hydrogen-bond acceptors (Lipinski definition) is 4. The summed E-state index contributed by atoms with van der Waals surface area (Å²) in [5.41, 5.74) is -0.633. The van der Waals surface area contributed by atoms with Crippen LogP contribution in [-0.4, -0.2) is 65.0 Å². The molecule has 2 atom stereocenters. The average molecular weight is 396 g/mol. The highest BCUT2D eigenvalue weighted by Crippen LogP contribution is 2.25. The summed E-state index contributed by atoms with van der Waals surface area (Å²) in [6, 6.07) is -1.12. The molecule has 2 fully saturated rings. The van der Waals surface area contributed by atoms with Crippen molar-refractivity contribution < 1.29 is 19.1 Å². The molecule has 2 unspecified atom stereocenters. The summed E-state index contributed by atoms with van der Waals surface area (Å²) in [7, 11) is 0. The second kappa shape index (κ2) is 9.14. The predicted octanol–water partition coefficient (Wildman–Crippen LogP) is 2.79. The fraction of sp³-hybridized carbons (Fsp3) is 0.857. The fourth-order valence-electron chi connectivity index (χ4n) is 3.85. The molecule has 0 aliphatic carbocycles. The Morgan fingerprint density at radius 1 is 1.04 bits per heavy atom. The molecule has 0 saturated carbocycles. The van der Waals surface area contributed by atoms with Gasteiger partial charge < -0.3 is 19.9 Å². The summed E-state index contributed by atoms with van der Waals surface area (Å²) in [5, 5.41) is 2.72. The van der Waals surface area contributed by atoms with E-state index in [4.69, 9.17) is 4.74 Å². The van der Waals surface area contributed by atoms with Crippen molar-refractivity contribution in [2.24, 2.45) is 11.8 Å². The van der Waals surface area contributed by atoms with E-state index in [9.17, 15) is 14.4 Å². The summed E-state index contributed by atoms with van der Waals surface area (Å²) < 4.78 is 5.31. The lowest BCUT2D eigenvalue weighted by Gasteiger charge is -2.36. The average Bonchev–Trinajstić information content (AvgIpc) is 3.07. The fourth-order valence-corrected chi connectivity index (χ4v) is 3.85. The van der Waals surface area contributed by atoms with Crippen LogP contribution < -0.4 is 5.32 Å². The second-order valence-corrected chi connectivity index (χ2v) is 9.57. The third-order valence-corrected chi connectivity index (χ3v) is 5.52. The van der Waals surface area contributed by atoms with Gasteiger partial charge in [-0.25, -0.2) is 4.79 Å². The lowest BCUT2D eigenvalue weighted by Crippen LogP contribution is -2.56. The highest BCUT2D eigenvalue weighted by molar-refractivity contribution is 5.92. The number of amides is 3. The number of hydrogen-bond donors (Lipinski definition) is 1. The first-order chi connectivity index (χ1) is 13.0. The van der Waals surface area contributed by atoms with E-state index in [1.54, 1.807) is 25.7 Å². The van der Waals surface area contributed by atoms with Crippen LogP contribution in [0.15, 0.2) is 0 Å². The SMILES string of the molecule is CC1CCN(C(=O)C2CCCN2C(=O)C(NC(=O)OC(C)(C)C)C(C)C)CC1. The van der Waals surface area contributed by atoms with E-state index < -0.39 is 23.8 Å². The number of ether oxygens (including phenoxy) is 1. The van der Waals surface area contributed by atoms with Crippen LogP contribution in [0, 0.1) is 11.8 Å². The van der Waals surface area contributed by atoms with E-state index in [0.717, 1.165) is 32.4 Å². The number of carbonyl (C=O) groups excluding carboxylic acids is 3. The van der Waals surface area contributed by atoms with Gasteiger partial charge in [-0.2, -0.15) is 0 Å². The molecular formula is C21H37N3O4. The Morgan fingerprint density at radius 2 is 1.64 bits per heavy atom. The van der Waals surface area contributed by atoms with Crippen LogP contribution in [0.5, 0.6) is 0 Å². The number of piperidine rings is 1. The van der Waals surface area contributed by atoms with Crippen molar-refractivity contribution in [1.29, 1.82) is 0 Å². The van der Waals surface area contributed by atoms with Gasteiger partial charge in [0.25, 0.3) is 0 Å². The third kappa shape index (κ3) is 5.85. The van der Waals surface area contributed by atoms with Gasteiger partial charge in [-0.1, -0.05) is 20.8 Å². The molecule has 3 amide bonds. The lowest BCUT2D eigenvalue weighted by molar-refractivity contribution is -0.146. The molecule has 7 nitrogen and oxygen atoms in total. The van der Waals surface area contributed by atoms with Gasteiger partial charge in [0.1, 0.15) is 17.7 Å². The number of rotatable bonds is 4. The van der Waals surface area contributed by atoms with E-state index in [1.807, 2.05) is 18.7 Å². The van der Waals surface area contributed by atoms with Crippen LogP contribution in [0.25, 0.3) is 0 Å². The van der Waals surface area contributed by atoms with Crippen LogP contribution in [0.2, 0.25) is 0 Å². The van der Waals surface area contributed by atoms with Gasteiger partial charge in [-0.3, -0.25) is 9.59 Å². The molecule has 0 radical (unpaired) electrons. The van der Waals surface area contributed by atoms with Gasteiger partial charge >= 0.3 is 6.09 Å². The first-order valence-electron chi connectivity index (χ1n) is 10.6. The Morgan fingerprint density at radius 3 is 2.18 bits per heavy atom.